The molecule has 0 aliphatic carbocycles. The molecule has 1 heterocycles. The number of benzene rings is 1. The Kier molecular flexibility index (Phi) is 4.28. The molecule has 0 spiro atoms. The molecule has 2 N–H and O–H groups in total. The number of ether oxygens (including phenoxy) is 1. The molecule has 0 aromatic heterocycles. The van der Waals surface area contributed by atoms with Gasteiger partial charge >= 0.3 is 0 Å². The van der Waals surface area contributed by atoms with E-state index in [1.807, 2.05) is 0 Å². The minimum absolute atomic E-state index is 0.00928. The summed E-state index contributed by atoms with van der Waals surface area (Å²) >= 11 is 11.9. The quantitative estimate of drug-likeness (QED) is 0.930. The first-order valence-corrected chi connectivity index (χ1v) is 6.61. The van der Waals surface area contributed by atoms with Gasteiger partial charge in [-0.05, 0) is 30.5 Å². The minimum Gasteiger partial charge on any atom is -0.381 e. The van der Waals surface area contributed by atoms with Crippen LogP contribution in [0.1, 0.15) is 18.4 Å². The molecule has 1 aromatic carbocycles. The van der Waals surface area contributed by atoms with Crippen molar-refractivity contribution < 1.29 is 9.53 Å². The predicted octanol–water partition coefficient (Wildman–Crippen LogP) is 2.61. The zero-order valence-corrected chi connectivity index (χ0v) is 11.4. The molecule has 3 nitrogen and oxygen atoms in total. The molecule has 0 saturated carbocycles. The van der Waals surface area contributed by atoms with Crippen molar-refractivity contribution in [3.63, 3.8) is 0 Å². The molecule has 1 aliphatic heterocycles. The summed E-state index contributed by atoms with van der Waals surface area (Å²) < 4.78 is 5.23. The van der Waals surface area contributed by atoms with E-state index in [4.69, 9.17) is 33.7 Å². The van der Waals surface area contributed by atoms with Crippen LogP contribution in [0.2, 0.25) is 10.0 Å². The van der Waals surface area contributed by atoms with Gasteiger partial charge < -0.3 is 10.5 Å². The second-order valence-corrected chi connectivity index (χ2v) is 5.45. The molecule has 2 rings (SSSR count). The molecule has 1 aliphatic rings. The highest BCUT2D eigenvalue weighted by Crippen LogP contribution is 2.25. The highest BCUT2D eigenvalue weighted by molar-refractivity contribution is 6.35. The third kappa shape index (κ3) is 3.04. The van der Waals surface area contributed by atoms with Gasteiger partial charge in [0.05, 0.1) is 5.54 Å². The molecule has 0 unspecified atom stereocenters. The van der Waals surface area contributed by atoms with Crippen molar-refractivity contribution >= 4 is 29.0 Å². The number of Topliss-reactive ketones (excluding diaryl/α,β-unsaturated/α-hetero) is 1. The summed E-state index contributed by atoms with van der Waals surface area (Å²) in [7, 11) is 0. The average Bonchev–Trinajstić information content (AvgIpc) is 2.33. The lowest BCUT2D eigenvalue weighted by Crippen LogP contribution is -2.52. The van der Waals surface area contributed by atoms with Crippen LogP contribution in [-0.2, 0) is 16.0 Å². The maximum absolute atomic E-state index is 12.3. The van der Waals surface area contributed by atoms with E-state index >= 15 is 0 Å². The van der Waals surface area contributed by atoms with Gasteiger partial charge in [0, 0.05) is 29.7 Å². The van der Waals surface area contributed by atoms with Crippen molar-refractivity contribution in [2.24, 2.45) is 5.73 Å². The minimum atomic E-state index is -0.777. The fraction of sp³-hybridized carbons (Fsp3) is 0.462. The lowest BCUT2D eigenvalue weighted by molar-refractivity contribution is -0.126. The van der Waals surface area contributed by atoms with Crippen LogP contribution in [0.3, 0.4) is 0 Å². The van der Waals surface area contributed by atoms with Gasteiger partial charge in [0.1, 0.15) is 0 Å². The van der Waals surface area contributed by atoms with E-state index in [-0.39, 0.29) is 12.2 Å². The molecule has 1 aromatic rings. The number of carbonyl (C=O) groups is 1. The molecule has 5 heteroatoms. The lowest BCUT2D eigenvalue weighted by Gasteiger charge is -2.31. The Morgan fingerprint density at radius 1 is 1.33 bits per heavy atom. The van der Waals surface area contributed by atoms with E-state index in [1.165, 1.54) is 0 Å². The average molecular weight is 288 g/mol. The van der Waals surface area contributed by atoms with Crippen LogP contribution in [0.5, 0.6) is 0 Å². The van der Waals surface area contributed by atoms with Crippen molar-refractivity contribution in [1.82, 2.24) is 0 Å². The van der Waals surface area contributed by atoms with E-state index in [0.29, 0.717) is 36.1 Å². The zero-order chi connectivity index (χ0) is 13.2. The van der Waals surface area contributed by atoms with Gasteiger partial charge in [-0.3, -0.25) is 4.79 Å². The van der Waals surface area contributed by atoms with Gasteiger partial charge in [-0.1, -0.05) is 29.3 Å². The highest BCUT2D eigenvalue weighted by atomic mass is 35.5. The fourth-order valence-electron chi connectivity index (χ4n) is 2.03. The Labute approximate surface area is 116 Å². The van der Waals surface area contributed by atoms with Crippen molar-refractivity contribution in [3.05, 3.63) is 33.8 Å². The van der Waals surface area contributed by atoms with Crippen LogP contribution < -0.4 is 5.73 Å². The maximum atomic E-state index is 12.3. The highest BCUT2D eigenvalue weighted by Gasteiger charge is 2.35. The Hall–Kier alpha value is -0.610. The van der Waals surface area contributed by atoms with E-state index in [1.54, 1.807) is 18.2 Å². The van der Waals surface area contributed by atoms with E-state index < -0.39 is 5.54 Å². The number of rotatable bonds is 3. The molecule has 1 fully saturated rings. The second-order valence-electron chi connectivity index (χ2n) is 4.60. The van der Waals surface area contributed by atoms with Crippen LogP contribution in [0.25, 0.3) is 0 Å². The fourth-order valence-corrected chi connectivity index (χ4v) is 2.50. The largest absolute Gasteiger partial charge is 0.381 e. The van der Waals surface area contributed by atoms with Crippen LogP contribution >= 0.6 is 23.2 Å². The van der Waals surface area contributed by atoms with Crippen molar-refractivity contribution in [3.8, 4) is 0 Å². The van der Waals surface area contributed by atoms with Gasteiger partial charge in [0.2, 0.25) is 0 Å². The number of halogens is 2. The van der Waals surface area contributed by atoms with Crippen LogP contribution in [0, 0.1) is 0 Å². The summed E-state index contributed by atoms with van der Waals surface area (Å²) in [5, 5.41) is 1.07. The van der Waals surface area contributed by atoms with E-state index in [0.717, 1.165) is 5.56 Å². The number of carbonyl (C=O) groups excluding carboxylic acids is 1. The molecule has 0 atom stereocenters. The molecule has 18 heavy (non-hydrogen) atoms. The number of hydrogen-bond acceptors (Lipinski definition) is 3. The first-order valence-electron chi connectivity index (χ1n) is 5.85. The van der Waals surface area contributed by atoms with Crippen molar-refractivity contribution in [2.45, 2.75) is 24.8 Å². The molecule has 1 saturated heterocycles. The molecular formula is C13H15Cl2NO2. The Bertz CT molecular complexity index is 456. The summed E-state index contributed by atoms with van der Waals surface area (Å²) in [4.78, 5) is 12.3. The number of hydrogen-bond donors (Lipinski definition) is 1. The Balaban J connectivity index is 2.11. The molecule has 98 valence electrons. The molecule has 0 bridgehead atoms. The molecule has 0 amide bonds. The predicted molar refractivity (Wildman–Crippen MR) is 72.1 cm³/mol. The topological polar surface area (TPSA) is 52.3 Å². The monoisotopic (exact) mass is 287 g/mol. The van der Waals surface area contributed by atoms with Crippen molar-refractivity contribution in [1.29, 1.82) is 0 Å². The van der Waals surface area contributed by atoms with E-state index in [2.05, 4.69) is 0 Å². The number of nitrogens with two attached hydrogens (primary N) is 1. The van der Waals surface area contributed by atoms with E-state index in [9.17, 15) is 4.79 Å². The third-order valence-electron chi connectivity index (χ3n) is 3.31. The number of ketones is 1. The Morgan fingerprint density at radius 3 is 2.61 bits per heavy atom. The van der Waals surface area contributed by atoms with Crippen LogP contribution in [0.15, 0.2) is 18.2 Å². The van der Waals surface area contributed by atoms with Gasteiger partial charge in [-0.15, -0.1) is 0 Å². The first kappa shape index (κ1) is 13.8. The standard InChI is InChI=1S/C13H15Cl2NO2/c14-10-2-1-9(11(15)8-10)7-12(17)13(16)3-5-18-6-4-13/h1-2,8H,3-7,16H2. The summed E-state index contributed by atoms with van der Waals surface area (Å²) in [6.45, 7) is 1.08. The normalized spacial score (nSPS) is 18.6. The zero-order valence-electron chi connectivity index (χ0n) is 9.92. The molecule has 0 radical (unpaired) electrons. The Morgan fingerprint density at radius 2 is 2.00 bits per heavy atom. The van der Waals surface area contributed by atoms with Gasteiger partial charge in [-0.25, -0.2) is 0 Å². The van der Waals surface area contributed by atoms with Gasteiger partial charge in [0.25, 0.3) is 0 Å². The summed E-state index contributed by atoms with van der Waals surface area (Å²) in [5.41, 5.74) is 6.12. The SMILES string of the molecule is NC1(C(=O)Cc2ccc(Cl)cc2Cl)CCOCC1. The second kappa shape index (κ2) is 5.57. The van der Waals surface area contributed by atoms with Crippen LogP contribution in [0.4, 0.5) is 0 Å². The van der Waals surface area contributed by atoms with Crippen molar-refractivity contribution in [2.75, 3.05) is 13.2 Å². The summed E-state index contributed by atoms with van der Waals surface area (Å²) in [5.74, 6) is 0.00928. The maximum Gasteiger partial charge on any atom is 0.157 e. The third-order valence-corrected chi connectivity index (χ3v) is 3.89. The smallest absolute Gasteiger partial charge is 0.157 e. The molecular weight excluding hydrogens is 273 g/mol. The van der Waals surface area contributed by atoms with Gasteiger partial charge in [0.15, 0.2) is 5.78 Å². The van der Waals surface area contributed by atoms with Gasteiger partial charge in [-0.2, -0.15) is 0 Å². The summed E-state index contributed by atoms with van der Waals surface area (Å²) in [6.07, 6.45) is 1.38. The lowest BCUT2D eigenvalue weighted by atomic mass is 9.84. The first-order chi connectivity index (χ1) is 8.51. The summed E-state index contributed by atoms with van der Waals surface area (Å²) in [6, 6.07) is 5.13. The van der Waals surface area contributed by atoms with Crippen LogP contribution in [-0.4, -0.2) is 24.5 Å².